The average molecular weight is 317 g/mol. The van der Waals surface area contributed by atoms with Gasteiger partial charge in [-0.25, -0.2) is 0 Å². The van der Waals surface area contributed by atoms with Gasteiger partial charge in [0.25, 0.3) is 0 Å². The molecule has 0 N–H and O–H groups in total. The molecule has 126 valence electrons. The Morgan fingerprint density at radius 2 is 2.09 bits per heavy atom. The number of carbonyl (C=O) groups is 2. The number of rotatable bonds is 7. The number of pyridine rings is 1. The van der Waals surface area contributed by atoms with Gasteiger partial charge in [0.1, 0.15) is 6.04 Å². The van der Waals surface area contributed by atoms with Crippen LogP contribution in [-0.4, -0.2) is 52.3 Å². The molecule has 2 rings (SSSR count). The number of amides is 2. The first-order chi connectivity index (χ1) is 11.2. The van der Waals surface area contributed by atoms with Crippen LogP contribution in [0.4, 0.5) is 0 Å². The molecule has 0 spiro atoms. The molecule has 0 radical (unpaired) electrons. The van der Waals surface area contributed by atoms with Crippen LogP contribution >= 0.6 is 0 Å². The number of nitrogens with zero attached hydrogens (tertiary/aromatic N) is 3. The standard InChI is InChI=1S/C18H27N3O2/c1-3-20(4-2)18(23)16-11-8-14-21(16)17(22)12-7-10-15-9-5-6-13-19-15/h5-6,9,13,16H,3-4,7-8,10-12,14H2,1-2H3. The van der Waals surface area contributed by atoms with E-state index in [-0.39, 0.29) is 17.9 Å². The summed E-state index contributed by atoms with van der Waals surface area (Å²) < 4.78 is 0. The number of hydrogen-bond acceptors (Lipinski definition) is 3. The van der Waals surface area contributed by atoms with E-state index in [1.807, 2.05) is 36.9 Å². The monoisotopic (exact) mass is 317 g/mol. The van der Waals surface area contributed by atoms with Crippen molar-refractivity contribution in [2.75, 3.05) is 19.6 Å². The highest BCUT2D eigenvalue weighted by molar-refractivity contribution is 5.88. The smallest absolute Gasteiger partial charge is 0.245 e. The Morgan fingerprint density at radius 3 is 2.74 bits per heavy atom. The Hall–Kier alpha value is -1.91. The topological polar surface area (TPSA) is 53.5 Å². The van der Waals surface area contributed by atoms with Crippen molar-refractivity contribution in [2.24, 2.45) is 0 Å². The fourth-order valence-electron chi connectivity index (χ4n) is 3.18. The van der Waals surface area contributed by atoms with Gasteiger partial charge in [0.2, 0.25) is 11.8 Å². The zero-order valence-electron chi connectivity index (χ0n) is 14.2. The van der Waals surface area contributed by atoms with Gasteiger partial charge < -0.3 is 9.80 Å². The van der Waals surface area contributed by atoms with Crippen LogP contribution in [0.2, 0.25) is 0 Å². The van der Waals surface area contributed by atoms with Gasteiger partial charge in [-0.05, 0) is 51.7 Å². The van der Waals surface area contributed by atoms with Gasteiger partial charge in [-0.15, -0.1) is 0 Å². The molecule has 1 fully saturated rings. The lowest BCUT2D eigenvalue weighted by atomic mass is 10.1. The third-order valence-corrected chi connectivity index (χ3v) is 4.48. The SMILES string of the molecule is CCN(CC)C(=O)C1CCCN1C(=O)CCCc1ccccn1. The van der Waals surface area contributed by atoms with Gasteiger partial charge in [0.15, 0.2) is 0 Å². The summed E-state index contributed by atoms with van der Waals surface area (Å²) in [7, 11) is 0. The van der Waals surface area contributed by atoms with Crippen LogP contribution in [0.3, 0.4) is 0 Å². The lowest BCUT2D eigenvalue weighted by Gasteiger charge is -2.29. The van der Waals surface area contributed by atoms with Gasteiger partial charge in [-0.2, -0.15) is 0 Å². The Labute approximate surface area is 138 Å². The Morgan fingerprint density at radius 1 is 1.30 bits per heavy atom. The van der Waals surface area contributed by atoms with Crippen molar-refractivity contribution in [1.29, 1.82) is 0 Å². The van der Waals surface area contributed by atoms with Crippen molar-refractivity contribution in [3.63, 3.8) is 0 Å². The molecule has 1 aliphatic rings. The molecule has 2 heterocycles. The molecule has 1 aromatic rings. The summed E-state index contributed by atoms with van der Waals surface area (Å²) in [5.74, 6) is 0.203. The third-order valence-electron chi connectivity index (χ3n) is 4.48. The maximum absolute atomic E-state index is 12.5. The molecule has 0 bridgehead atoms. The molecule has 0 aromatic carbocycles. The van der Waals surface area contributed by atoms with Crippen LogP contribution in [0, 0.1) is 0 Å². The first-order valence-corrected chi connectivity index (χ1v) is 8.65. The lowest BCUT2D eigenvalue weighted by molar-refractivity contribution is -0.143. The van der Waals surface area contributed by atoms with Crippen LogP contribution in [0.5, 0.6) is 0 Å². The average Bonchev–Trinajstić information content (AvgIpc) is 3.06. The van der Waals surface area contributed by atoms with E-state index >= 15 is 0 Å². The van der Waals surface area contributed by atoms with E-state index < -0.39 is 0 Å². The molecule has 1 aromatic heterocycles. The van der Waals surface area contributed by atoms with Crippen molar-refractivity contribution < 1.29 is 9.59 Å². The van der Waals surface area contributed by atoms with E-state index in [9.17, 15) is 9.59 Å². The Kier molecular flexibility index (Phi) is 6.56. The largest absolute Gasteiger partial charge is 0.341 e. The van der Waals surface area contributed by atoms with Gasteiger partial charge in [-0.3, -0.25) is 14.6 Å². The molecule has 1 atom stereocenters. The number of carbonyl (C=O) groups excluding carboxylic acids is 2. The first-order valence-electron chi connectivity index (χ1n) is 8.65. The summed E-state index contributed by atoms with van der Waals surface area (Å²) >= 11 is 0. The molecule has 1 aliphatic heterocycles. The second-order valence-electron chi connectivity index (χ2n) is 5.93. The van der Waals surface area contributed by atoms with Crippen LogP contribution < -0.4 is 0 Å². The van der Waals surface area contributed by atoms with E-state index in [2.05, 4.69) is 4.98 Å². The normalized spacial score (nSPS) is 17.3. The van der Waals surface area contributed by atoms with Gasteiger partial charge in [-0.1, -0.05) is 6.07 Å². The second-order valence-corrected chi connectivity index (χ2v) is 5.93. The molecule has 0 aliphatic carbocycles. The van der Waals surface area contributed by atoms with E-state index in [0.29, 0.717) is 26.1 Å². The van der Waals surface area contributed by atoms with Crippen molar-refractivity contribution >= 4 is 11.8 Å². The van der Waals surface area contributed by atoms with Crippen molar-refractivity contribution in [2.45, 2.75) is 52.0 Å². The van der Waals surface area contributed by atoms with Gasteiger partial charge >= 0.3 is 0 Å². The van der Waals surface area contributed by atoms with Crippen molar-refractivity contribution in [3.8, 4) is 0 Å². The summed E-state index contributed by atoms with van der Waals surface area (Å²) in [4.78, 5) is 32.9. The first kappa shape index (κ1) is 17.4. The minimum atomic E-state index is -0.253. The summed E-state index contributed by atoms with van der Waals surface area (Å²) in [6.45, 7) is 6.08. The number of likely N-dealkylation sites (N-methyl/N-ethyl adjacent to an activating group) is 1. The molecule has 23 heavy (non-hydrogen) atoms. The molecule has 1 saturated heterocycles. The van der Waals surface area contributed by atoms with E-state index in [4.69, 9.17) is 0 Å². The number of likely N-dealkylation sites (tertiary alicyclic amines) is 1. The molecular formula is C18H27N3O2. The van der Waals surface area contributed by atoms with Crippen molar-refractivity contribution in [3.05, 3.63) is 30.1 Å². The Bertz CT molecular complexity index is 514. The highest BCUT2D eigenvalue weighted by Gasteiger charge is 2.35. The minimum Gasteiger partial charge on any atom is -0.341 e. The zero-order chi connectivity index (χ0) is 16.7. The number of aryl methyl sites for hydroxylation is 1. The van der Waals surface area contributed by atoms with E-state index in [1.165, 1.54) is 0 Å². The number of aromatic nitrogens is 1. The molecule has 0 saturated carbocycles. The summed E-state index contributed by atoms with van der Waals surface area (Å²) in [5.41, 5.74) is 1.01. The maximum Gasteiger partial charge on any atom is 0.245 e. The van der Waals surface area contributed by atoms with Crippen LogP contribution in [0.1, 0.15) is 45.2 Å². The predicted molar refractivity (Wildman–Crippen MR) is 89.8 cm³/mol. The zero-order valence-corrected chi connectivity index (χ0v) is 14.2. The van der Waals surface area contributed by atoms with Crippen molar-refractivity contribution in [1.82, 2.24) is 14.8 Å². The quantitative estimate of drug-likeness (QED) is 0.775. The predicted octanol–water partition coefficient (Wildman–Crippen LogP) is 2.26. The molecule has 1 unspecified atom stereocenters. The highest BCUT2D eigenvalue weighted by atomic mass is 16.2. The Balaban J connectivity index is 1.86. The van der Waals surface area contributed by atoms with E-state index in [1.54, 1.807) is 11.1 Å². The van der Waals surface area contributed by atoms with Crippen LogP contribution in [0.15, 0.2) is 24.4 Å². The van der Waals surface area contributed by atoms with Gasteiger partial charge in [0, 0.05) is 37.9 Å². The second kappa shape index (κ2) is 8.65. The fraction of sp³-hybridized carbons (Fsp3) is 0.611. The maximum atomic E-state index is 12.5. The third kappa shape index (κ3) is 4.53. The highest BCUT2D eigenvalue weighted by Crippen LogP contribution is 2.21. The number of hydrogen-bond donors (Lipinski definition) is 0. The van der Waals surface area contributed by atoms with Gasteiger partial charge in [0.05, 0.1) is 0 Å². The lowest BCUT2D eigenvalue weighted by Crippen LogP contribution is -2.47. The molecule has 5 heteroatoms. The summed E-state index contributed by atoms with van der Waals surface area (Å²) in [6.07, 6.45) is 5.55. The summed E-state index contributed by atoms with van der Waals surface area (Å²) in [5, 5.41) is 0. The summed E-state index contributed by atoms with van der Waals surface area (Å²) in [6, 6.07) is 5.58. The van der Waals surface area contributed by atoms with E-state index in [0.717, 1.165) is 31.4 Å². The fourth-order valence-corrected chi connectivity index (χ4v) is 3.18. The minimum absolute atomic E-state index is 0.101. The van der Waals surface area contributed by atoms with Crippen LogP contribution in [-0.2, 0) is 16.0 Å². The molecular weight excluding hydrogens is 290 g/mol. The molecule has 2 amide bonds. The molecule has 5 nitrogen and oxygen atoms in total. The van der Waals surface area contributed by atoms with Crippen LogP contribution in [0.25, 0.3) is 0 Å².